The number of fused-ring (bicyclic) bond motifs is 1. The summed E-state index contributed by atoms with van der Waals surface area (Å²) in [5.41, 5.74) is 0.290. The molecule has 0 bridgehead atoms. The zero-order valence-electron chi connectivity index (χ0n) is 18.2. The van der Waals surface area contributed by atoms with E-state index in [9.17, 15) is 14.4 Å². The van der Waals surface area contributed by atoms with Crippen LogP contribution in [-0.4, -0.2) is 48.7 Å². The first-order valence-corrected chi connectivity index (χ1v) is 9.92. The van der Waals surface area contributed by atoms with Crippen molar-refractivity contribution in [2.45, 2.75) is 45.7 Å². The minimum atomic E-state index is -0.560. The molecule has 9 nitrogen and oxygen atoms in total. The highest BCUT2D eigenvalue weighted by molar-refractivity contribution is 5.87. The summed E-state index contributed by atoms with van der Waals surface area (Å²) in [5, 5.41) is 5.76. The highest BCUT2D eigenvalue weighted by Gasteiger charge is 2.20. The van der Waals surface area contributed by atoms with Crippen molar-refractivity contribution >= 4 is 22.7 Å². The third-order valence-corrected chi connectivity index (χ3v) is 4.74. The number of hydrogen-bond donors (Lipinski definition) is 2. The summed E-state index contributed by atoms with van der Waals surface area (Å²) in [6, 6.07) is 2.70. The predicted molar refractivity (Wildman–Crippen MR) is 114 cm³/mol. The number of aromatic nitrogens is 2. The van der Waals surface area contributed by atoms with Crippen LogP contribution in [0.5, 0.6) is 11.5 Å². The van der Waals surface area contributed by atoms with Crippen LogP contribution in [0.3, 0.4) is 0 Å². The predicted octanol–water partition coefficient (Wildman–Crippen LogP) is 1.47. The minimum absolute atomic E-state index is 0.196. The molecule has 1 atom stereocenters. The molecule has 0 aliphatic heterocycles. The number of ether oxygens (including phenoxy) is 2. The zero-order chi connectivity index (χ0) is 22.3. The quantitative estimate of drug-likeness (QED) is 0.604. The summed E-state index contributed by atoms with van der Waals surface area (Å²) >= 11 is 0. The first-order chi connectivity index (χ1) is 14.3. The summed E-state index contributed by atoms with van der Waals surface area (Å²) in [7, 11) is 4.57. The lowest BCUT2D eigenvalue weighted by molar-refractivity contribution is -0.129. The lowest BCUT2D eigenvalue weighted by atomic mass is 10.0. The van der Waals surface area contributed by atoms with Gasteiger partial charge in [-0.25, -0.2) is 4.98 Å². The number of rotatable bonds is 10. The van der Waals surface area contributed by atoms with Gasteiger partial charge in [-0.3, -0.25) is 19.0 Å². The molecule has 30 heavy (non-hydrogen) atoms. The second-order valence-corrected chi connectivity index (χ2v) is 7.43. The van der Waals surface area contributed by atoms with Gasteiger partial charge >= 0.3 is 0 Å². The van der Waals surface area contributed by atoms with Gasteiger partial charge in [0, 0.05) is 26.1 Å². The van der Waals surface area contributed by atoms with Crippen LogP contribution in [0.2, 0.25) is 0 Å². The van der Waals surface area contributed by atoms with Crippen molar-refractivity contribution < 1.29 is 19.1 Å². The summed E-state index contributed by atoms with van der Waals surface area (Å²) in [5.74, 6) is 0.782. The minimum Gasteiger partial charge on any atom is -0.493 e. The maximum absolute atomic E-state index is 12.8. The number of likely N-dealkylation sites (N-methyl/N-ethyl adjacent to an activating group) is 1. The van der Waals surface area contributed by atoms with Gasteiger partial charge in [0.05, 0.1) is 31.4 Å². The van der Waals surface area contributed by atoms with E-state index in [1.807, 2.05) is 13.8 Å². The van der Waals surface area contributed by atoms with Crippen molar-refractivity contribution in [1.82, 2.24) is 20.2 Å². The van der Waals surface area contributed by atoms with Crippen LogP contribution in [0.15, 0.2) is 23.3 Å². The van der Waals surface area contributed by atoms with Crippen LogP contribution < -0.4 is 25.7 Å². The molecule has 164 valence electrons. The van der Waals surface area contributed by atoms with Gasteiger partial charge < -0.3 is 20.1 Å². The number of carbonyl (C=O) groups is 2. The molecule has 0 saturated carbocycles. The Hall–Kier alpha value is -3.10. The average Bonchev–Trinajstić information content (AvgIpc) is 2.73. The molecule has 2 N–H and O–H groups in total. The maximum atomic E-state index is 12.8. The van der Waals surface area contributed by atoms with Crippen LogP contribution in [0.1, 0.15) is 33.1 Å². The van der Waals surface area contributed by atoms with E-state index in [1.54, 1.807) is 19.2 Å². The van der Waals surface area contributed by atoms with E-state index in [0.717, 1.165) is 0 Å². The number of nitrogens with zero attached hydrogens (tertiary/aromatic N) is 2. The number of benzene rings is 1. The molecule has 1 aromatic heterocycles. The molecule has 0 aliphatic rings. The molecule has 0 radical (unpaired) electrons. The molecule has 0 fully saturated rings. The third-order valence-electron chi connectivity index (χ3n) is 4.74. The molecule has 2 aromatic rings. The first-order valence-electron chi connectivity index (χ1n) is 9.92. The van der Waals surface area contributed by atoms with E-state index in [-0.39, 0.29) is 29.7 Å². The fraction of sp³-hybridized carbons (Fsp3) is 0.524. The van der Waals surface area contributed by atoms with Crippen molar-refractivity contribution in [1.29, 1.82) is 0 Å². The van der Waals surface area contributed by atoms with Crippen molar-refractivity contribution in [3.63, 3.8) is 0 Å². The normalized spacial score (nSPS) is 11.9. The second kappa shape index (κ2) is 10.6. The van der Waals surface area contributed by atoms with Crippen LogP contribution >= 0.6 is 0 Å². The van der Waals surface area contributed by atoms with Gasteiger partial charge in [0.2, 0.25) is 11.8 Å². The first kappa shape index (κ1) is 23.2. The number of carbonyl (C=O) groups excluding carboxylic acids is 2. The van der Waals surface area contributed by atoms with E-state index < -0.39 is 6.04 Å². The van der Waals surface area contributed by atoms with E-state index in [4.69, 9.17) is 9.47 Å². The summed E-state index contributed by atoms with van der Waals surface area (Å²) in [6.07, 6.45) is 2.65. The smallest absolute Gasteiger partial charge is 0.261 e. The average molecular weight is 418 g/mol. The second-order valence-electron chi connectivity index (χ2n) is 7.43. The Morgan fingerprint density at radius 3 is 2.43 bits per heavy atom. The van der Waals surface area contributed by atoms with Gasteiger partial charge in [0.1, 0.15) is 6.04 Å². The zero-order valence-corrected chi connectivity index (χ0v) is 18.2. The van der Waals surface area contributed by atoms with Gasteiger partial charge in [-0.1, -0.05) is 13.8 Å². The topological polar surface area (TPSA) is 112 Å². The Morgan fingerprint density at radius 1 is 1.17 bits per heavy atom. The molecule has 0 spiro atoms. The Labute approximate surface area is 175 Å². The Kier molecular flexibility index (Phi) is 8.20. The number of nitrogens with one attached hydrogen (secondary N) is 2. The van der Waals surface area contributed by atoms with Crippen molar-refractivity contribution in [2.24, 2.45) is 5.92 Å². The number of hydrogen-bond acceptors (Lipinski definition) is 6. The van der Waals surface area contributed by atoms with Gasteiger partial charge in [0.15, 0.2) is 11.5 Å². The molecule has 1 unspecified atom stereocenters. The largest absolute Gasteiger partial charge is 0.493 e. The maximum Gasteiger partial charge on any atom is 0.261 e. The fourth-order valence-corrected chi connectivity index (χ4v) is 3.20. The van der Waals surface area contributed by atoms with Gasteiger partial charge in [-0.05, 0) is 24.8 Å². The third kappa shape index (κ3) is 5.71. The van der Waals surface area contributed by atoms with E-state index in [1.165, 1.54) is 25.1 Å². The monoisotopic (exact) mass is 418 g/mol. The number of amides is 2. The fourth-order valence-electron chi connectivity index (χ4n) is 3.20. The molecule has 9 heteroatoms. The Balaban J connectivity index is 2.05. The van der Waals surface area contributed by atoms with E-state index in [0.29, 0.717) is 41.8 Å². The standard InChI is InChI=1S/C21H30N4O5/c1-13(2)9-16(20(27)22-3)24-19(26)7-6-8-25-12-23-15-11-18(30-5)17(29-4)10-14(15)21(25)28/h10-13,16H,6-9H2,1-5H3,(H,22,27)(H,24,26). The molecular formula is C21H30N4O5. The van der Waals surface area contributed by atoms with E-state index >= 15 is 0 Å². The molecule has 0 saturated heterocycles. The van der Waals surface area contributed by atoms with Gasteiger partial charge in [-0.15, -0.1) is 0 Å². The molecule has 1 heterocycles. The van der Waals surface area contributed by atoms with Crippen molar-refractivity contribution in [2.75, 3.05) is 21.3 Å². The van der Waals surface area contributed by atoms with Crippen LogP contribution in [0.4, 0.5) is 0 Å². The van der Waals surface area contributed by atoms with Gasteiger partial charge in [0.25, 0.3) is 5.56 Å². The van der Waals surface area contributed by atoms with E-state index in [2.05, 4.69) is 15.6 Å². The summed E-state index contributed by atoms with van der Waals surface area (Å²) in [6.45, 7) is 4.32. The van der Waals surface area contributed by atoms with Crippen molar-refractivity contribution in [3.05, 3.63) is 28.8 Å². The molecule has 2 amide bonds. The van der Waals surface area contributed by atoms with Crippen LogP contribution in [0.25, 0.3) is 10.9 Å². The number of methoxy groups -OCH3 is 2. The Bertz CT molecular complexity index is 954. The Morgan fingerprint density at radius 2 is 1.83 bits per heavy atom. The molecule has 2 rings (SSSR count). The summed E-state index contributed by atoms with van der Waals surface area (Å²) in [4.78, 5) is 41.3. The van der Waals surface area contributed by atoms with Gasteiger partial charge in [-0.2, -0.15) is 0 Å². The lowest BCUT2D eigenvalue weighted by Gasteiger charge is -2.19. The SMILES string of the molecule is CNC(=O)C(CC(C)C)NC(=O)CCCn1cnc2cc(OC)c(OC)cc2c1=O. The summed E-state index contributed by atoms with van der Waals surface area (Å²) < 4.78 is 12.0. The lowest BCUT2D eigenvalue weighted by Crippen LogP contribution is -2.46. The highest BCUT2D eigenvalue weighted by atomic mass is 16.5. The van der Waals surface area contributed by atoms with Crippen LogP contribution in [0, 0.1) is 5.92 Å². The molecular weight excluding hydrogens is 388 g/mol. The molecule has 1 aromatic carbocycles. The highest BCUT2D eigenvalue weighted by Crippen LogP contribution is 2.29. The van der Waals surface area contributed by atoms with Crippen LogP contribution in [-0.2, 0) is 16.1 Å². The molecule has 0 aliphatic carbocycles. The van der Waals surface area contributed by atoms with Crippen molar-refractivity contribution in [3.8, 4) is 11.5 Å². The number of aryl methyl sites for hydroxylation is 1.